The van der Waals surface area contributed by atoms with Crippen molar-refractivity contribution in [3.63, 3.8) is 0 Å². The summed E-state index contributed by atoms with van der Waals surface area (Å²) in [5.74, 6) is 1.34. The van der Waals surface area contributed by atoms with E-state index in [0.29, 0.717) is 24.6 Å². The molecule has 0 saturated carbocycles. The van der Waals surface area contributed by atoms with Crippen molar-refractivity contribution < 1.29 is 0 Å². The Balaban J connectivity index is 2.46. The molecule has 1 heterocycles. The predicted molar refractivity (Wildman–Crippen MR) is 81.2 cm³/mol. The highest BCUT2D eigenvalue weighted by Gasteiger charge is 2.13. The number of benzene rings is 1. The molecule has 2 aromatic rings. The van der Waals surface area contributed by atoms with E-state index in [4.69, 9.17) is 11.0 Å². The number of aromatic nitrogens is 2. The topological polar surface area (TPSA) is 78.8 Å². The molecule has 0 spiro atoms. The Morgan fingerprint density at radius 1 is 1.35 bits per heavy atom. The average Bonchev–Trinajstić information content (AvgIpc) is 2.42. The minimum Gasteiger partial charge on any atom is -0.399 e. The second-order valence-electron chi connectivity index (χ2n) is 5.22. The maximum atomic E-state index is 8.82. The number of nitrogens with two attached hydrogens (primary N) is 1. The number of nitrogen functional groups attached to an aromatic ring is 1. The Labute approximate surface area is 119 Å². The number of anilines is 2. The van der Waals surface area contributed by atoms with Crippen LogP contribution in [0, 0.1) is 17.2 Å². The third-order valence-electron chi connectivity index (χ3n) is 3.02. The smallest absolute Gasteiger partial charge is 0.139 e. The molecule has 2 N–H and O–H groups in total. The van der Waals surface area contributed by atoms with E-state index in [1.165, 1.54) is 0 Å². The molecular formula is C15H19N5. The molecule has 1 aromatic heterocycles. The molecule has 0 amide bonds. The van der Waals surface area contributed by atoms with Crippen LogP contribution in [0.5, 0.6) is 0 Å². The first-order valence-electron chi connectivity index (χ1n) is 6.74. The number of nitriles is 1. The Morgan fingerprint density at radius 3 is 2.85 bits per heavy atom. The molecule has 2 rings (SSSR count). The summed E-state index contributed by atoms with van der Waals surface area (Å²) in [7, 11) is 0. The van der Waals surface area contributed by atoms with Gasteiger partial charge in [-0.2, -0.15) is 5.26 Å². The third kappa shape index (κ3) is 3.15. The molecule has 0 bridgehead atoms. The predicted octanol–water partition coefficient (Wildman–Crippen LogP) is 2.59. The Bertz CT molecular complexity index is 630. The van der Waals surface area contributed by atoms with Gasteiger partial charge in [-0.15, -0.1) is 0 Å². The summed E-state index contributed by atoms with van der Waals surface area (Å²) >= 11 is 0. The molecular weight excluding hydrogens is 250 g/mol. The summed E-state index contributed by atoms with van der Waals surface area (Å²) in [6.45, 7) is 5.81. The number of fused-ring (bicyclic) bond motifs is 1. The van der Waals surface area contributed by atoms with E-state index in [1.807, 2.05) is 18.2 Å². The van der Waals surface area contributed by atoms with Crippen LogP contribution < -0.4 is 10.6 Å². The zero-order chi connectivity index (χ0) is 14.5. The molecule has 104 valence electrons. The quantitative estimate of drug-likeness (QED) is 0.844. The van der Waals surface area contributed by atoms with Gasteiger partial charge in [0.15, 0.2) is 0 Å². The van der Waals surface area contributed by atoms with Crippen LogP contribution in [-0.2, 0) is 0 Å². The highest BCUT2D eigenvalue weighted by molar-refractivity contribution is 5.91. The van der Waals surface area contributed by atoms with E-state index in [0.717, 1.165) is 23.3 Å². The fraction of sp³-hybridized carbons (Fsp3) is 0.400. The lowest BCUT2D eigenvalue weighted by Gasteiger charge is -2.25. The van der Waals surface area contributed by atoms with Crippen molar-refractivity contribution in [3.8, 4) is 6.07 Å². The van der Waals surface area contributed by atoms with Gasteiger partial charge in [-0.25, -0.2) is 9.97 Å². The Morgan fingerprint density at radius 2 is 2.15 bits per heavy atom. The summed E-state index contributed by atoms with van der Waals surface area (Å²) in [6.07, 6.45) is 2.04. The summed E-state index contributed by atoms with van der Waals surface area (Å²) in [6, 6.07) is 7.82. The van der Waals surface area contributed by atoms with Crippen molar-refractivity contribution in [2.24, 2.45) is 5.92 Å². The molecule has 0 saturated heterocycles. The van der Waals surface area contributed by atoms with Crippen molar-refractivity contribution in [3.05, 3.63) is 24.5 Å². The van der Waals surface area contributed by atoms with Crippen molar-refractivity contribution >= 4 is 22.4 Å². The van der Waals surface area contributed by atoms with Gasteiger partial charge in [-0.1, -0.05) is 13.8 Å². The van der Waals surface area contributed by atoms with Crippen molar-refractivity contribution in [1.29, 1.82) is 5.26 Å². The van der Waals surface area contributed by atoms with E-state index < -0.39 is 0 Å². The minimum absolute atomic E-state index is 0.473. The summed E-state index contributed by atoms with van der Waals surface area (Å²) in [4.78, 5) is 10.8. The average molecular weight is 269 g/mol. The molecule has 0 radical (unpaired) electrons. The van der Waals surface area contributed by atoms with Crippen LogP contribution in [0.2, 0.25) is 0 Å². The molecule has 1 aromatic carbocycles. The molecule has 0 fully saturated rings. The monoisotopic (exact) mass is 269 g/mol. The number of nitrogens with zero attached hydrogens (tertiary/aromatic N) is 4. The van der Waals surface area contributed by atoms with Crippen LogP contribution in [-0.4, -0.2) is 23.1 Å². The number of rotatable bonds is 5. The van der Waals surface area contributed by atoms with Crippen LogP contribution >= 0.6 is 0 Å². The standard InChI is InChI=1S/C15H19N5/c1-11(2)9-20(7-3-6-16)15-13-8-12(17)4-5-14(13)18-10-19-15/h4-5,8,10-11H,3,7,9,17H2,1-2H3. The van der Waals surface area contributed by atoms with Crippen LogP contribution in [0.4, 0.5) is 11.5 Å². The second-order valence-corrected chi connectivity index (χ2v) is 5.22. The molecule has 0 aliphatic carbocycles. The van der Waals surface area contributed by atoms with Crippen molar-refractivity contribution in [2.75, 3.05) is 23.7 Å². The van der Waals surface area contributed by atoms with Gasteiger partial charge in [0.05, 0.1) is 18.0 Å². The Hall–Kier alpha value is -2.35. The molecule has 0 aliphatic heterocycles. The normalized spacial score (nSPS) is 10.7. The SMILES string of the molecule is CC(C)CN(CCC#N)c1ncnc2ccc(N)cc12. The van der Waals surface area contributed by atoms with Crippen LogP contribution in [0.1, 0.15) is 20.3 Å². The van der Waals surface area contributed by atoms with E-state index in [1.54, 1.807) is 6.33 Å². The summed E-state index contributed by atoms with van der Waals surface area (Å²) < 4.78 is 0. The van der Waals surface area contributed by atoms with Gasteiger partial charge < -0.3 is 10.6 Å². The first-order chi connectivity index (χ1) is 9.61. The lowest BCUT2D eigenvalue weighted by Crippen LogP contribution is -2.29. The minimum atomic E-state index is 0.473. The largest absolute Gasteiger partial charge is 0.399 e. The number of hydrogen-bond donors (Lipinski definition) is 1. The molecule has 5 nitrogen and oxygen atoms in total. The molecule has 0 unspecified atom stereocenters. The third-order valence-corrected chi connectivity index (χ3v) is 3.02. The van der Waals surface area contributed by atoms with Gasteiger partial charge in [-0.05, 0) is 24.1 Å². The van der Waals surface area contributed by atoms with Crippen LogP contribution in [0.25, 0.3) is 10.9 Å². The lowest BCUT2D eigenvalue weighted by atomic mass is 10.1. The first kappa shape index (κ1) is 14.1. The zero-order valence-electron chi connectivity index (χ0n) is 11.9. The Kier molecular flexibility index (Phi) is 4.36. The fourth-order valence-corrected chi connectivity index (χ4v) is 2.22. The maximum Gasteiger partial charge on any atom is 0.139 e. The van der Waals surface area contributed by atoms with Crippen LogP contribution in [0.3, 0.4) is 0 Å². The van der Waals surface area contributed by atoms with Gasteiger partial charge in [-0.3, -0.25) is 0 Å². The van der Waals surface area contributed by atoms with Gasteiger partial charge >= 0.3 is 0 Å². The maximum absolute atomic E-state index is 8.82. The van der Waals surface area contributed by atoms with E-state index in [-0.39, 0.29) is 0 Å². The number of hydrogen-bond acceptors (Lipinski definition) is 5. The zero-order valence-corrected chi connectivity index (χ0v) is 11.9. The lowest BCUT2D eigenvalue weighted by molar-refractivity contribution is 0.609. The summed E-state index contributed by atoms with van der Waals surface area (Å²) in [5.41, 5.74) is 7.43. The van der Waals surface area contributed by atoms with Crippen molar-refractivity contribution in [1.82, 2.24) is 9.97 Å². The molecule has 5 heteroatoms. The fourth-order valence-electron chi connectivity index (χ4n) is 2.22. The van der Waals surface area contributed by atoms with E-state index >= 15 is 0 Å². The molecule has 0 aliphatic rings. The van der Waals surface area contributed by atoms with Gasteiger partial charge in [0.25, 0.3) is 0 Å². The van der Waals surface area contributed by atoms with Gasteiger partial charge in [0.1, 0.15) is 12.1 Å². The molecule has 0 atom stereocenters. The van der Waals surface area contributed by atoms with Gasteiger partial charge in [0, 0.05) is 24.2 Å². The highest BCUT2D eigenvalue weighted by atomic mass is 15.2. The van der Waals surface area contributed by atoms with Crippen molar-refractivity contribution in [2.45, 2.75) is 20.3 Å². The van der Waals surface area contributed by atoms with Gasteiger partial charge in [0.2, 0.25) is 0 Å². The second kappa shape index (κ2) is 6.20. The highest BCUT2D eigenvalue weighted by Crippen LogP contribution is 2.25. The summed E-state index contributed by atoms with van der Waals surface area (Å²) in [5, 5.41) is 9.76. The van der Waals surface area contributed by atoms with E-state index in [9.17, 15) is 0 Å². The molecule has 20 heavy (non-hydrogen) atoms. The first-order valence-corrected chi connectivity index (χ1v) is 6.74. The van der Waals surface area contributed by atoms with Crippen LogP contribution in [0.15, 0.2) is 24.5 Å². The van der Waals surface area contributed by atoms with E-state index in [2.05, 4.69) is 34.8 Å².